The number of β-amino-alcohol motifs (C(OH)–C–C–N with tert-alkyl or cyclic N) is 1. The molecule has 1 aliphatic heterocycles. The number of aromatic nitrogens is 2. The maximum Gasteiger partial charge on any atom is 0.274 e. The molecule has 0 bridgehead atoms. The summed E-state index contributed by atoms with van der Waals surface area (Å²) in [5.74, 6) is -0.158. The lowest BCUT2D eigenvalue weighted by molar-refractivity contribution is 0.0759. The van der Waals surface area contributed by atoms with E-state index in [1.807, 2.05) is 18.2 Å². The second-order valence-electron chi connectivity index (χ2n) is 4.90. The number of benzene rings is 1. The second kappa shape index (κ2) is 4.97. The van der Waals surface area contributed by atoms with Gasteiger partial charge in [0.1, 0.15) is 0 Å². The molecule has 104 valence electrons. The maximum absolute atomic E-state index is 12.2. The zero-order chi connectivity index (χ0) is 14.1. The lowest BCUT2D eigenvalue weighted by Crippen LogP contribution is -2.29. The molecular weight excluding hydrogens is 256 g/mol. The largest absolute Gasteiger partial charge is 0.397 e. The van der Waals surface area contributed by atoms with Crippen molar-refractivity contribution < 1.29 is 9.90 Å². The van der Waals surface area contributed by atoms with E-state index in [0.717, 1.165) is 5.69 Å². The molecule has 1 atom stereocenters. The molecule has 3 rings (SSSR count). The van der Waals surface area contributed by atoms with Crippen molar-refractivity contribution in [2.24, 2.45) is 0 Å². The van der Waals surface area contributed by atoms with Crippen LogP contribution in [0.3, 0.4) is 0 Å². The Balaban J connectivity index is 1.84. The Kier molecular flexibility index (Phi) is 3.15. The number of carbonyl (C=O) groups is 1. The minimum absolute atomic E-state index is 0.158. The smallest absolute Gasteiger partial charge is 0.274 e. The zero-order valence-corrected chi connectivity index (χ0v) is 10.9. The summed E-state index contributed by atoms with van der Waals surface area (Å²) in [6, 6.07) is 9.01. The van der Waals surface area contributed by atoms with E-state index in [0.29, 0.717) is 30.9 Å². The summed E-state index contributed by atoms with van der Waals surface area (Å²) in [7, 11) is 0. The molecule has 1 aromatic carbocycles. The van der Waals surface area contributed by atoms with Gasteiger partial charge in [-0.15, -0.1) is 0 Å². The molecule has 0 saturated carbocycles. The fourth-order valence-electron chi connectivity index (χ4n) is 2.36. The van der Waals surface area contributed by atoms with Gasteiger partial charge in [0.25, 0.3) is 5.91 Å². The van der Waals surface area contributed by atoms with Gasteiger partial charge >= 0.3 is 0 Å². The number of aliphatic hydroxyl groups excluding tert-OH is 1. The van der Waals surface area contributed by atoms with Crippen LogP contribution in [0.1, 0.15) is 16.9 Å². The molecule has 0 aliphatic carbocycles. The molecule has 0 radical (unpaired) electrons. The topological polar surface area (TPSA) is 84.4 Å². The molecule has 2 aromatic rings. The van der Waals surface area contributed by atoms with E-state index in [2.05, 4.69) is 5.10 Å². The van der Waals surface area contributed by atoms with Gasteiger partial charge in [0.2, 0.25) is 0 Å². The summed E-state index contributed by atoms with van der Waals surface area (Å²) in [5.41, 5.74) is 7.60. The van der Waals surface area contributed by atoms with E-state index in [4.69, 9.17) is 5.73 Å². The van der Waals surface area contributed by atoms with Crippen molar-refractivity contribution in [3.05, 3.63) is 42.2 Å². The lowest BCUT2D eigenvalue weighted by atomic mass is 10.3. The molecule has 6 nitrogen and oxygen atoms in total. The fraction of sp³-hybridized carbons (Fsp3) is 0.286. The zero-order valence-electron chi connectivity index (χ0n) is 10.9. The molecule has 0 unspecified atom stereocenters. The van der Waals surface area contributed by atoms with Crippen molar-refractivity contribution in [1.82, 2.24) is 14.7 Å². The number of nitrogens with zero attached hydrogens (tertiary/aromatic N) is 3. The Morgan fingerprint density at radius 2 is 2.15 bits per heavy atom. The summed E-state index contributed by atoms with van der Waals surface area (Å²) in [5, 5.41) is 13.8. The van der Waals surface area contributed by atoms with Crippen molar-refractivity contribution in [3.63, 3.8) is 0 Å². The van der Waals surface area contributed by atoms with E-state index in [9.17, 15) is 9.90 Å². The van der Waals surface area contributed by atoms with Gasteiger partial charge in [0.05, 0.1) is 17.5 Å². The third-order valence-electron chi connectivity index (χ3n) is 3.44. The van der Waals surface area contributed by atoms with Gasteiger partial charge < -0.3 is 15.7 Å². The number of nitrogen functional groups attached to an aromatic ring is 1. The highest BCUT2D eigenvalue weighted by Crippen LogP contribution is 2.17. The molecule has 2 heterocycles. The van der Waals surface area contributed by atoms with Gasteiger partial charge in [-0.25, -0.2) is 4.68 Å². The predicted octanol–water partition coefficient (Wildman–Crippen LogP) is 0.661. The number of para-hydroxylation sites is 2. The molecule has 1 aromatic heterocycles. The molecule has 3 N–H and O–H groups in total. The number of likely N-dealkylation sites (tertiary alicyclic amines) is 1. The number of anilines is 1. The number of nitrogens with two attached hydrogens (primary N) is 1. The summed E-state index contributed by atoms with van der Waals surface area (Å²) in [6.45, 7) is 0.944. The molecule has 1 saturated heterocycles. The van der Waals surface area contributed by atoms with Gasteiger partial charge in [-0.2, -0.15) is 5.10 Å². The second-order valence-corrected chi connectivity index (χ2v) is 4.90. The Hall–Kier alpha value is -2.34. The average molecular weight is 272 g/mol. The fourth-order valence-corrected chi connectivity index (χ4v) is 2.36. The van der Waals surface area contributed by atoms with E-state index in [1.54, 1.807) is 27.9 Å². The Bertz CT molecular complexity index is 638. The number of aliphatic hydroxyl groups is 1. The van der Waals surface area contributed by atoms with Gasteiger partial charge in [-0.1, -0.05) is 12.1 Å². The van der Waals surface area contributed by atoms with E-state index in [1.165, 1.54) is 0 Å². The quantitative estimate of drug-likeness (QED) is 0.787. The number of amides is 1. The number of hydrogen-bond acceptors (Lipinski definition) is 4. The number of hydrogen-bond donors (Lipinski definition) is 2. The van der Waals surface area contributed by atoms with Crippen LogP contribution in [0.15, 0.2) is 36.5 Å². The van der Waals surface area contributed by atoms with Gasteiger partial charge in [0, 0.05) is 19.3 Å². The SMILES string of the molecule is Nc1ccccc1-n1ccc(C(=O)N2CC[C@H](O)C2)n1. The Labute approximate surface area is 116 Å². The first-order valence-corrected chi connectivity index (χ1v) is 6.53. The molecule has 20 heavy (non-hydrogen) atoms. The van der Waals surface area contributed by atoms with E-state index < -0.39 is 6.10 Å². The summed E-state index contributed by atoms with van der Waals surface area (Å²) in [4.78, 5) is 13.8. The first-order valence-electron chi connectivity index (χ1n) is 6.53. The van der Waals surface area contributed by atoms with Crippen LogP contribution in [0.4, 0.5) is 5.69 Å². The normalized spacial score (nSPS) is 18.4. The van der Waals surface area contributed by atoms with Crippen LogP contribution in [-0.4, -0.2) is 44.9 Å². The van der Waals surface area contributed by atoms with E-state index in [-0.39, 0.29) is 5.91 Å². The predicted molar refractivity (Wildman–Crippen MR) is 74.5 cm³/mol. The Morgan fingerprint density at radius 1 is 1.35 bits per heavy atom. The molecule has 0 spiro atoms. The molecular formula is C14H16N4O2. The van der Waals surface area contributed by atoms with Crippen molar-refractivity contribution in [3.8, 4) is 5.69 Å². The van der Waals surface area contributed by atoms with Gasteiger partial charge in [-0.05, 0) is 24.6 Å². The summed E-state index contributed by atoms with van der Waals surface area (Å²) in [6.07, 6.45) is 1.91. The third kappa shape index (κ3) is 2.25. The standard InChI is InChI=1S/C14H16N4O2/c15-11-3-1-2-4-13(11)18-8-6-12(16-18)14(20)17-7-5-10(19)9-17/h1-4,6,8,10,19H,5,7,9,15H2/t10-/m0/s1. The lowest BCUT2D eigenvalue weighted by Gasteiger charge is -2.13. The van der Waals surface area contributed by atoms with E-state index >= 15 is 0 Å². The highest BCUT2D eigenvalue weighted by atomic mass is 16.3. The van der Waals surface area contributed by atoms with Crippen LogP contribution in [0.2, 0.25) is 0 Å². The van der Waals surface area contributed by atoms with Gasteiger partial charge in [0.15, 0.2) is 5.69 Å². The monoisotopic (exact) mass is 272 g/mol. The maximum atomic E-state index is 12.2. The highest BCUT2D eigenvalue weighted by molar-refractivity contribution is 5.92. The van der Waals surface area contributed by atoms with Crippen molar-refractivity contribution in [2.75, 3.05) is 18.8 Å². The van der Waals surface area contributed by atoms with Crippen LogP contribution in [0, 0.1) is 0 Å². The van der Waals surface area contributed by atoms with Crippen LogP contribution >= 0.6 is 0 Å². The molecule has 1 amide bonds. The van der Waals surface area contributed by atoms with Crippen molar-refractivity contribution in [2.45, 2.75) is 12.5 Å². The van der Waals surface area contributed by atoms with Crippen LogP contribution in [-0.2, 0) is 0 Å². The summed E-state index contributed by atoms with van der Waals surface area (Å²) < 4.78 is 1.59. The van der Waals surface area contributed by atoms with Crippen LogP contribution in [0.25, 0.3) is 5.69 Å². The molecule has 6 heteroatoms. The molecule has 1 aliphatic rings. The van der Waals surface area contributed by atoms with Crippen LogP contribution < -0.4 is 5.73 Å². The average Bonchev–Trinajstić information content (AvgIpc) is 3.07. The third-order valence-corrected chi connectivity index (χ3v) is 3.44. The molecule has 1 fully saturated rings. The summed E-state index contributed by atoms with van der Waals surface area (Å²) >= 11 is 0. The van der Waals surface area contributed by atoms with Gasteiger partial charge in [-0.3, -0.25) is 4.79 Å². The van der Waals surface area contributed by atoms with Crippen LogP contribution in [0.5, 0.6) is 0 Å². The van der Waals surface area contributed by atoms with Crippen molar-refractivity contribution in [1.29, 1.82) is 0 Å². The minimum Gasteiger partial charge on any atom is -0.397 e. The highest BCUT2D eigenvalue weighted by Gasteiger charge is 2.26. The number of carbonyl (C=O) groups excluding carboxylic acids is 1. The minimum atomic E-state index is -0.425. The Morgan fingerprint density at radius 3 is 2.85 bits per heavy atom. The first-order chi connectivity index (χ1) is 9.65. The van der Waals surface area contributed by atoms with Crippen molar-refractivity contribution >= 4 is 11.6 Å². The first kappa shape index (κ1) is 12.7. The number of rotatable bonds is 2.